The maximum absolute atomic E-state index is 7.47. The lowest BCUT2D eigenvalue weighted by molar-refractivity contribution is 0.227. The van der Waals surface area contributed by atoms with Gasteiger partial charge in [-0.05, 0) is 124 Å². The number of rotatable bonds is 37. The van der Waals surface area contributed by atoms with E-state index >= 15 is 0 Å². The molecule has 0 aliphatic carbocycles. The van der Waals surface area contributed by atoms with Gasteiger partial charge in [0.05, 0.1) is 29.8 Å². The molecule has 2 aromatic carbocycles. The number of aromatic nitrogens is 3. The number of nitrogens with zero attached hydrogens (tertiary/aromatic N) is 3. The molecule has 4 atom stereocenters. The number of unbranched alkanes of at least 4 members (excludes halogenated alkanes) is 10. The summed E-state index contributed by atoms with van der Waals surface area (Å²) in [4.78, 5) is 13.2. The van der Waals surface area contributed by atoms with Gasteiger partial charge in [0.25, 0.3) is 0 Å². The molecule has 8 aromatic rings. The molecule has 0 radical (unpaired) electrons. The molecule has 0 amide bonds. The SMILES string of the molecule is CCCCCCC(CCCC)COc1c2cc(C)sc2cc2c(OCC(CCCC)CCCCCC)c3cc(-c4sc(-c5cnc(-c6cc(CC(CC)CCCC)c(C)s6)c6nsnc56)cc4CC(CC)CCCC)sc3cc12. The Kier molecular flexibility index (Phi) is 24.4. The van der Waals surface area contributed by atoms with Crippen LogP contribution in [0.2, 0.25) is 0 Å². The third kappa shape index (κ3) is 15.8. The monoisotopic (exact) mass is 1160 g/mol. The summed E-state index contributed by atoms with van der Waals surface area (Å²) in [5.74, 6) is 4.52. The van der Waals surface area contributed by atoms with Crippen LogP contribution in [0.5, 0.6) is 11.5 Å². The van der Waals surface area contributed by atoms with Crippen LogP contribution < -0.4 is 9.47 Å². The van der Waals surface area contributed by atoms with Gasteiger partial charge in [-0.1, -0.05) is 184 Å². The fourth-order valence-electron chi connectivity index (χ4n) is 12.1. The largest absolute Gasteiger partial charge is 0.492 e. The minimum atomic E-state index is 0.531. The van der Waals surface area contributed by atoms with E-state index in [-0.39, 0.29) is 0 Å². The standard InChI is InChI=1S/C69H97N3O2S5/c1-11-19-25-27-33-50(31-23-15-5)44-73-67-55-41-61-57(68(54(55)40-60-56(67)35-46(9)75-60)74-45-51(32-24-16-6)34-28-26-20-12-2)42-63(77-61)69-53(37-49(18-8)30-22-14-4)39-59(78-69)58-43-70-65(66-64(58)71-79-72-66)62-38-52(47(10)76-62)36-48(17-7)29-21-13-3/h35,38-43,48-51H,11-34,36-37,44-45H2,1-10H3. The van der Waals surface area contributed by atoms with Crippen LogP contribution in [0, 0.1) is 37.5 Å². The summed E-state index contributed by atoms with van der Waals surface area (Å²) in [5, 5.41) is 4.89. The van der Waals surface area contributed by atoms with Crippen molar-refractivity contribution in [3.8, 4) is 42.3 Å². The zero-order valence-corrected chi connectivity index (χ0v) is 54.4. The van der Waals surface area contributed by atoms with Gasteiger partial charge < -0.3 is 9.47 Å². The Morgan fingerprint density at radius 1 is 0.443 bits per heavy atom. The molecule has 6 aromatic heterocycles. The maximum atomic E-state index is 7.47. The van der Waals surface area contributed by atoms with Gasteiger partial charge in [0, 0.05) is 67.1 Å². The summed E-state index contributed by atoms with van der Waals surface area (Å²) in [5.41, 5.74) is 6.88. The summed E-state index contributed by atoms with van der Waals surface area (Å²) < 4.78 is 27.4. The zero-order valence-electron chi connectivity index (χ0n) is 50.3. The van der Waals surface area contributed by atoms with Gasteiger partial charge in [0.1, 0.15) is 28.2 Å². The number of thiophene rings is 4. The predicted molar refractivity (Wildman–Crippen MR) is 354 cm³/mol. The third-order valence-corrected chi connectivity index (χ3v) is 22.3. The molecular weight excluding hydrogens is 1060 g/mol. The van der Waals surface area contributed by atoms with E-state index < -0.39 is 0 Å². The number of ether oxygens (including phenoxy) is 2. The van der Waals surface area contributed by atoms with Crippen molar-refractivity contribution < 1.29 is 9.47 Å². The van der Waals surface area contributed by atoms with E-state index in [0.29, 0.717) is 17.8 Å². The molecule has 430 valence electrons. The Bertz CT molecular complexity index is 3120. The summed E-state index contributed by atoms with van der Waals surface area (Å²) >= 11 is 8.97. The van der Waals surface area contributed by atoms with E-state index in [9.17, 15) is 0 Å². The lowest BCUT2D eigenvalue weighted by atomic mass is 9.91. The van der Waals surface area contributed by atoms with Crippen LogP contribution in [-0.2, 0) is 12.8 Å². The van der Waals surface area contributed by atoms with Crippen molar-refractivity contribution in [1.29, 1.82) is 0 Å². The van der Waals surface area contributed by atoms with Crippen molar-refractivity contribution in [2.24, 2.45) is 23.7 Å². The highest BCUT2D eigenvalue weighted by molar-refractivity contribution is 7.27. The fraction of sp³-hybridized carbons (Fsp3) is 0.609. The van der Waals surface area contributed by atoms with Crippen LogP contribution in [0.4, 0.5) is 0 Å². The molecule has 0 fully saturated rings. The molecule has 8 rings (SSSR count). The molecule has 5 nitrogen and oxygen atoms in total. The van der Waals surface area contributed by atoms with Crippen LogP contribution in [0.1, 0.15) is 230 Å². The van der Waals surface area contributed by atoms with Crippen LogP contribution in [0.15, 0.2) is 42.6 Å². The Hall–Kier alpha value is -3.41. The van der Waals surface area contributed by atoms with E-state index in [0.717, 1.165) is 65.8 Å². The molecule has 0 saturated heterocycles. The number of benzene rings is 2. The van der Waals surface area contributed by atoms with Gasteiger partial charge in [0.15, 0.2) is 0 Å². The Labute approximate surface area is 497 Å². The smallest absolute Gasteiger partial charge is 0.136 e. The summed E-state index contributed by atoms with van der Waals surface area (Å²) in [6.45, 7) is 24.7. The minimum absolute atomic E-state index is 0.531. The van der Waals surface area contributed by atoms with Crippen LogP contribution in [0.3, 0.4) is 0 Å². The first-order chi connectivity index (χ1) is 38.6. The van der Waals surface area contributed by atoms with Crippen molar-refractivity contribution in [1.82, 2.24) is 13.7 Å². The Morgan fingerprint density at radius 2 is 0.949 bits per heavy atom. The van der Waals surface area contributed by atoms with Crippen LogP contribution in [0.25, 0.3) is 72.7 Å². The van der Waals surface area contributed by atoms with Crippen molar-refractivity contribution in [2.75, 3.05) is 13.2 Å². The summed E-state index contributed by atoms with van der Waals surface area (Å²) in [6, 6.07) is 14.8. The fourth-order valence-corrected chi connectivity index (χ4v) is 17.2. The first-order valence-electron chi connectivity index (χ1n) is 31.7. The molecule has 0 N–H and O–H groups in total. The average molecular weight is 1160 g/mol. The van der Waals surface area contributed by atoms with Gasteiger partial charge in [-0.3, -0.25) is 4.98 Å². The van der Waals surface area contributed by atoms with Crippen molar-refractivity contribution in [3.63, 3.8) is 0 Å². The molecular formula is C69H97N3O2S5. The zero-order chi connectivity index (χ0) is 55.7. The third-order valence-electron chi connectivity index (χ3n) is 17.2. The van der Waals surface area contributed by atoms with E-state index in [4.69, 9.17) is 23.2 Å². The van der Waals surface area contributed by atoms with E-state index in [1.807, 2.05) is 45.3 Å². The highest BCUT2D eigenvalue weighted by Crippen LogP contribution is 2.52. The van der Waals surface area contributed by atoms with Gasteiger partial charge in [0.2, 0.25) is 0 Å². The van der Waals surface area contributed by atoms with E-state index in [1.165, 1.54) is 237 Å². The van der Waals surface area contributed by atoms with Gasteiger partial charge in [-0.2, -0.15) is 8.75 Å². The highest BCUT2D eigenvalue weighted by Gasteiger charge is 2.26. The first-order valence-corrected chi connectivity index (χ1v) is 35.7. The second kappa shape index (κ2) is 31.3. The Balaban J connectivity index is 1.25. The molecule has 79 heavy (non-hydrogen) atoms. The normalized spacial score (nSPS) is 13.6. The average Bonchev–Trinajstić information content (AvgIpc) is 4.54. The van der Waals surface area contributed by atoms with Crippen LogP contribution in [-0.4, -0.2) is 26.9 Å². The predicted octanol–water partition coefficient (Wildman–Crippen LogP) is 24.2. The van der Waals surface area contributed by atoms with Crippen molar-refractivity contribution in [2.45, 2.75) is 236 Å². The molecule has 10 heteroatoms. The number of hydrogen-bond donors (Lipinski definition) is 0. The number of pyridine rings is 1. The van der Waals surface area contributed by atoms with Gasteiger partial charge in [-0.25, -0.2) is 0 Å². The second-order valence-corrected chi connectivity index (χ2v) is 28.7. The van der Waals surface area contributed by atoms with E-state index in [1.54, 1.807) is 0 Å². The summed E-state index contributed by atoms with van der Waals surface area (Å²) in [6.07, 6.45) is 34.5. The molecule has 0 spiro atoms. The summed E-state index contributed by atoms with van der Waals surface area (Å²) in [7, 11) is 0. The number of hydrogen-bond acceptors (Lipinski definition) is 10. The quantitative estimate of drug-likeness (QED) is 0.0363. The van der Waals surface area contributed by atoms with Crippen LogP contribution >= 0.6 is 57.1 Å². The topological polar surface area (TPSA) is 57.1 Å². The molecule has 6 heterocycles. The van der Waals surface area contributed by atoms with Crippen molar-refractivity contribution in [3.05, 3.63) is 63.5 Å². The number of fused-ring (bicyclic) bond motifs is 4. The lowest BCUT2D eigenvalue weighted by Crippen LogP contribution is -2.13. The molecule has 0 saturated carbocycles. The minimum Gasteiger partial charge on any atom is -0.492 e. The maximum Gasteiger partial charge on any atom is 0.136 e. The Morgan fingerprint density at radius 3 is 1.52 bits per heavy atom. The van der Waals surface area contributed by atoms with Gasteiger partial charge in [-0.15, -0.1) is 45.3 Å². The highest BCUT2D eigenvalue weighted by atomic mass is 32.1. The molecule has 0 aliphatic heterocycles. The van der Waals surface area contributed by atoms with Gasteiger partial charge >= 0.3 is 0 Å². The number of aryl methyl sites for hydroxylation is 2. The molecule has 0 bridgehead atoms. The first kappa shape index (κ1) is 61.7. The molecule has 4 unspecified atom stereocenters. The molecule has 0 aliphatic rings. The van der Waals surface area contributed by atoms with Crippen molar-refractivity contribution >= 4 is 99.1 Å². The lowest BCUT2D eigenvalue weighted by Gasteiger charge is -2.21. The van der Waals surface area contributed by atoms with E-state index in [2.05, 4.69) is 112 Å². The second-order valence-electron chi connectivity index (χ2n) is 23.5.